The Morgan fingerprint density at radius 2 is 0.778 bits per heavy atom. The van der Waals surface area contributed by atoms with Gasteiger partial charge in [0, 0.05) is 0 Å². The van der Waals surface area contributed by atoms with Crippen LogP contribution in [0.2, 0.25) is 0 Å². The Bertz CT molecular complexity index is 911. The van der Waals surface area contributed by atoms with Gasteiger partial charge in [0.1, 0.15) is 19.8 Å². The second-order valence-electron chi connectivity index (χ2n) is 8.40. The Kier molecular flexibility index (Phi) is 22.2. The maximum atomic E-state index is 12.4. The summed E-state index contributed by atoms with van der Waals surface area (Å²) in [5.41, 5.74) is -1.32. The molecular formula is C24H35N3O15S3. The van der Waals surface area contributed by atoms with E-state index in [-0.39, 0.29) is 26.2 Å². The van der Waals surface area contributed by atoms with Gasteiger partial charge in [0.2, 0.25) is 16.1 Å². The summed E-state index contributed by atoms with van der Waals surface area (Å²) in [6.07, 6.45) is 0.109. The monoisotopic (exact) mass is 701 g/mol. The third-order valence-corrected chi connectivity index (χ3v) is 8.19. The number of nitrogens with zero attached hydrogens (tertiary/aromatic N) is 3. The van der Waals surface area contributed by atoms with E-state index in [4.69, 9.17) is 28.4 Å². The van der Waals surface area contributed by atoms with E-state index in [0.717, 1.165) is 0 Å². The topological polar surface area (TPSA) is 246 Å². The molecule has 3 atom stereocenters. The largest absolute Gasteiger partial charge is 0.464 e. The lowest BCUT2D eigenvalue weighted by Gasteiger charge is -2.31. The fraction of sp³-hybridized carbons (Fsp3) is 0.750. The Labute approximate surface area is 270 Å². The SMILES string of the molecule is CCOC(=O)C(N=O)SCC(=O)OCC(CC)(COC(=O)CSC(N=O)C(=O)OCC)COC(=O)CSC(N=O)C(=O)OCC. The molecule has 21 heteroatoms. The molecule has 0 aliphatic heterocycles. The first-order chi connectivity index (χ1) is 21.5. The van der Waals surface area contributed by atoms with Crippen molar-refractivity contribution in [3.63, 3.8) is 0 Å². The molecule has 3 unspecified atom stereocenters. The van der Waals surface area contributed by atoms with E-state index < -0.39 is 94.4 Å². The molecule has 45 heavy (non-hydrogen) atoms. The average molecular weight is 702 g/mol. The molecule has 0 radical (unpaired) electrons. The number of rotatable bonds is 25. The third kappa shape index (κ3) is 17.1. The standard InChI is InChI=1S/C24H35N3O15S3/c1-5-24(12-40-15(28)9-43-18(25-34)21(31)37-6-2,13-41-16(29)10-44-19(26-35)22(32)38-7-3)14-42-17(30)11-45-20(27-36)23(33)39-8-4/h18-20H,5-14H2,1-4H3. The number of carbonyl (C=O) groups excluding carboxylic acids is 6. The van der Waals surface area contributed by atoms with E-state index in [2.05, 4.69) is 15.5 Å². The molecule has 0 N–H and O–H groups in total. The first kappa shape index (κ1) is 41.7. The van der Waals surface area contributed by atoms with Crippen LogP contribution in [-0.2, 0) is 57.2 Å². The van der Waals surface area contributed by atoms with Crippen LogP contribution in [0.25, 0.3) is 0 Å². The highest BCUT2D eigenvalue weighted by atomic mass is 32.2. The summed E-state index contributed by atoms with van der Waals surface area (Å²) < 4.78 is 29.9. The lowest BCUT2D eigenvalue weighted by molar-refractivity contribution is -0.159. The molecule has 254 valence electrons. The molecule has 0 fully saturated rings. The number of hydrogen-bond donors (Lipinski definition) is 0. The van der Waals surface area contributed by atoms with Crippen LogP contribution in [0.5, 0.6) is 0 Å². The van der Waals surface area contributed by atoms with Crippen molar-refractivity contribution in [1.82, 2.24) is 0 Å². The molecule has 0 aromatic carbocycles. The second kappa shape index (κ2) is 24.0. The number of carbonyl (C=O) groups is 6. The van der Waals surface area contributed by atoms with E-state index in [1.165, 1.54) is 20.8 Å². The van der Waals surface area contributed by atoms with Gasteiger partial charge in [-0.25, -0.2) is 14.4 Å². The number of esters is 6. The maximum absolute atomic E-state index is 12.4. The van der Waals surface area contributed by atoms with Gasteiger partial charge in [0.05, 0.1) is 42.5 Å². The zero-order valence-electron chi connectivity index (χ0n) is 25.0. The van der Waals surface area contributed by atoms with Gasteiger partial charge in [0.25, 0.3) is 0 Å². The molecule has 0 amide bonds. The summed E-state index contributed by atoms with van der Waals surface area (Å²) in [5.74, 6) is -6.92. The van der Waals surface area contributed by atoms with Crippen LogP contribution in [-0.4, -0.2) is 109 Å². The van der Waals surface area contributed by atoms with E-state index in [0.29, 0.717) is 35.3 Å². The van der Waals surface area contributed by atoms with Crippen LogP contribution < -0.4 is 0 Å². The summed E-state index contributed by atoms with van der Waals surface area (Å²) in [5, 5.41) is 3.32. The Morgan fingerprint density at radius 3 is 0.978 bits per heavy atom. The van der Waals surface area contributed by atoms with Crippen LogP contribution in [0.4, 0.5) is 0 Å². The summed E-state index contributed by atoms with van der Waals surface area (Å²) in [7, 11) is 0. The van der Waals surface area contributed by atoms with Gasteiger partial charge in [-0.1, -0.05) is 6.92 Å². The minimum atomic E-state index is -1.51. The predicted octanol–water partition coefficient (Wildman–Crippen LogP) is 2.18. The predicted molar refractivity (Wildman–Crippen MR) is 162 cm³/mol. The van der Waals surface area contributed by atoms with Gasteiger partial charge in [0.15, 0.2) is 0 Å². The van der Waals surface area contributed by atoms with Gasteiger partial charge >= 0.3 is 35.8 Å². The van der Waals surface area contributed by atoms with E-state index in [9.17, 15) is 43.5 Å². The van der Waals surface area contributed by atoms with Crippen molar-refractivity contribution in [2.24, 2.45) is 20.9 Å². The van der Waals surface area contributed by atoms with Gasteiger partial charge in [-0.15, -0.1) is 50.0 Å². The van der Waals surface area contributed by atoms with Crippen LogP contribution in [0, 0.1) is 20.1 Å². The van der Waals surface area contributed by atoms with E-state index in [1.807, 2.05) is 0 Å². The molecule has 0 rings (SSSR count). The molecule has 0 saturated carbocycles. The Morgan fingerprint density at radius 1 is 0.511 bits per heavy atom. The van der Waals surface area contributed by atoms with Crippen LogP contribution >= 0.6 is 35.3 Å². The second-order valence-corrected chi connectivity index (χ2v) is 11.6. The first-order valence-corrected chi connectivity index (χ1v) is 16.4. The number of thioether (sulfide) groups is 3. The van der Waals surface area contributed by atoms with Gasteiger partial charge in [-0.05, 0) is 42.7 Å². The number of hydrogen-bond acceptors (Lipinski definition) is 21. The fourth-order valence-corrected chi connectivity index (χ4v) is 4.69. The van der Waals surface area contributed by atoms with Crippen molar-refractivity contribution in [3.05, 3.63) is 14.7 Å². The molecule has 0 heterocycles. The first-order valence-electron chi connectivity index (χ1n) is 13.2. The van der Waals surface area contributed by atoms with Crippen LogP contribution in [0.1, 0.15) is 34.1 Å². The van der Waals surface area contributed by atoms with Crippen molar-refractivity contribution in [3.8, 4) is 0 Å². The summed E-state index contributed by atoms with van der Waals surface area (Å²) >= 11 is 1.67. The highest BCUT2D eigenvalue weighted by Crippen LogP contribution is 2.26. The van der Waals surface area contributed by atoms with Crippen molar-refractivity contribution in [2.75, 3.05) is 56.9 Å². The van der Waals surface area contributed by atoms with Gasteiger partial charge < -0.3 is 28.4 Å². The fourth-order valence-electron chi connectivity index (χ4n) is 2.76. The minimum Gasteiger partial charge on any atom is -0.464 e. The molecule has 0 spiro atoms. The zero-order valence-corrected chi connectivity index (χ0v) is 27.4. The number of nitroso groups, excluding NO2 is 3. The van der Waals surface area contributed by atoms with Crippen LogP contribution in [0.3, 0.4) is 0 Å². The third-order valence-electron chi connectivity index (χ3n) is 5.20. The van der Waals surface area contributed by atoms with Crippen molar-refractivity contribution in [2.45, 2.75) is 50.2 Å². The average Bonchev–Trinajstić information content (AvgIpc) is 3.02. The molecule has 0 aliphatic carbocycles. The van der Waals surface area contributed by atoms with Crippen molar-refractivity contribution in [1.29, 1.82) is 0 Å². The van der Waals surface area contributed by atoms with E-state index in [1.54, 1.807) is 6.92 Å². The molecule has 0 aromatic rings. The van der Waals surface area contributed by atoms with E-state index >= 15 is 0 Å². The summed E-state index contributed by atoms with van der Waals surface area (Å²) in [6, 6.07) is 0. The smallest absolute Gasteiger partial charge is 0.345 e. The molecular weight excluding hydrogens is 666 g/mol. The lowest BCUT2D eigenvalue weighted by atomic mass is 9.88. The highest BCUT2D eigenvalue weighted by molar-refractivity contribution is 8.01. The van der Waals surface area contributed by atoms with Gasteiger partial charge in [-0.3, -0.25) is 14.4 Å². The minimum absolute atomic E-state index is 0.00634. The normalized spacial score (nSPS) is 13.9. The lowest BCUT2D eigenvalue weighted by Crippen LogP contribution is -2.40. The molecule has 18 nitrogen and oxygen atoms in total. The summed E-state index contributed by atoms with van der Waals surface area (Å²) in [4.78, 5) is 105. The highest BCUT2D eigenvalue weighted by Gasteiger charge is 2.35. The van der Waals surface area contributed by atoms with Gasteiger partial charge in [-0.2, -0.15) is 0 Å². The maximum Gasteiger partial charge on any atom is 0.345 e. The number of ether oxygens (including phenoxy) is 6. The van der Waals surface area contributed by atoms with Crippen molar-refractivity contribution >= 4 is 71.1 Å². The molecule has 0 aromatic heterocycles. The van der Waals surface area contributed by atoms with Crippen LogP contribution in [0.15, 0.2) is 15.5 Å². The van der Waals surface area contributed by atoms with Crippen molar-refractivity contribution < 1.29 is 57.2 Å². The Balaban J connectivity index is 5.47. The Hall–Kier alpha value is -3.33. The molecule has 0 bridgehead atoms. The quantitative estimate of drug-likeness (QED) is 0.0751. The molecule has 0 saturated heterocycles. The molecule has 0 aliphatic rings. The summed E-state index contributed by atoms with van der Waals surface area (Å²) in [6.45, 7) is 4.76. The zero-order chi connectivity index (χ0) is 34.3.